The molecule has 0 saturated carbocycles. The Bertz CT molecular complexity index is 94.2. The molecule has 0 rings (SSSR count). The summed E-state index contributed by atoms with van der Waals surface area (Å²) in [6.45, 7) is 0. The molecule has 0 aliphatic rings. The average molecular weight is 153 g/mol. The van der Waals surface area contributed by atoms with E-state index in [1.807, 2.05) is 0 Å². The van der Waals surface area contributed by atoms with Crippen molar-refractivity contribution >= 4 is 17.6 Å². The number of carbonyl (C=O) groups excluding carboxylic acids is 1. The normalized spacial score (nSPS) is 12.8. The fourth-order valence-corrected chi connectivity index (χ4v) is 0.439. The summed E-state index contributed by atoms with van der Waals surface area (Å²) in [6, 6.07) is 0. The molecule has 0 aromatic heterocycles. The molecule has 0 aliphatic carbocycles. The van der Waals surface area contributed by atoms with Gasteiger partial charge in [-0.25, -0.2) is 0 Å². The zero-order valence-electron chi connectivity index (χ0n) is 5.13. The highest BCUT2D eigenvalue weighted by molar-refractivity contribution is 6.18. The zero-order valence-corrected chi connectivity index (χ0v) is 5.89. The molecule has 0 fully saturated rings. The minimum Gasteiger partial charge on any atom is -0.469 e. The van der Waals surface area contributed by atoms with E-state index in [0.29, 0.717) is 0 Å². The number of carbonyl (C=O) groups is 1. The highest BCUT2D eigenvalue weighted by atomic mass is 35.5. The lowest BCUT2D eigenvalue weighted by Gasteiger charge is -2.02. The molecule has 4 heteroatoms. The number of halogens is 1. The number of aliphatic hydroxyl groups excluding tert-OH is 1. The van der Waals surface area contributed by atoms with Gasteiger partial charge in [0, 0.05) is 5.88 Å². The predicted octanol–water partition coefficient (Wildman–Crippen LogP) is 0.149. The number of hydrogen-bond donors (Lipinski definition) is 1. The summed E-state index contributed by atoms with van der Waals surface area (Å²) in [5.74, 6) is -0.377. The van der Waals surface area contributed by atoms with E-state index in [2.05, 4.69) is 4.74 Å². The van der Waals surface area contributed by atoms with Crippen molar-refractivity contribution in [2.24, 2.45) is 0 Å². The molecule has 1 N–H and O–H groups in total. The lowest BCUT2D eigenvalue weighted by atomic mass is 10.3. The molecule has 0 heterocycles. The number of hydrogen-bond acceptors (Lipinski definition) is 3. The Kier molecular flexibility index (Phi) is 4.44. The number of alkyl halides is 1. The largest absolute Gasteiger partial charge is 0.469 e. The van der Waals surface area contributed by atoms with E-state index in [-0.39, 0.29) is 12.3 Å². The van der Waals surface area contributed by atoms with Crippen molar-refractivity contribution in [3.8, 4) is 0 Å². The third-order valence-corrected chi connectivity index (χ3v) is 1.16. The van der Waals surface area contributed by atoms with E-state index in [9.17, 15) is 4.79 Å². The van der Waals surface area contributed by atoms with Crippen LogP contribution in [0.5, 0.6) is 0 Å². The van der Waals surface area contributed by atoms with Gasteiger partial charge < -0.3 is 9.84 Å². The lowest BCUT2D eigenvalue weighted by molar-refractivity contribution is -0.142. The second kappa shape index (κ2) is 4.58. The van der Waals surface area contributed by atoms with Crippen LogP contribution in [0.2, 0.25) is 0 Å². The third-order valence-electron chi connectivity index (χ3n) is 0.808. The van der Waals surface area contributed by atoms with Gasteiger partial charge >= 0.3 is 5.97 Å². The molecule has 0 aromatic carbocycles. The van der Waals surface area contributed by atoms with Gasteiger partial charge in [0.2, 0.25) is 0 Å². The van der Waals surface area contributed by atoms with E-state index in [4.69, 9.17) is 16.7 Å². The van der Waals surface area contributed by atoms with Gasteiger partial charge in [-0.2, -0.15) is 0 Å². The van der Waals surface area contributed by atoms with E-state index in [1.165, 1.54) is 7.11 Å². The SMILES string of the molecule is COC(=O)C[C@H](O)CCl. The van der Waals surface area contributed by atoms with Gasteiger partial charge in [-0.3, -0.25) is 4.79 Å². The number of methoxy groups -OCH3 is 1. The Morgan fingerprint density at radius 2 is 2.44 bits per heavy atom. The van der Waals surface area contributed by atoms with Crippen LogP contribution in [0.15, 0.2) is 0 Å². The molecule has 0 saturated heterocycles. The monoisotopic (exact) mass is 152 g/mol. The zero-order chi connectivity index (χ0) is 7.28. The molecule has 0 unspecified atom stereocenters. The van der Waals surface area contributed by atoms with Gasteiger partial charge in [0.25, 0.3) is 0 Å². The van der Waals surface area contributed by atoms with Crippen LogP contribution in [0, 0.1) is 0 Å². The molecule has 0 amide bonds. The Hall–Kier alpha value is -0.280. The first kappa shape index (κ1) is 8.72. The van der Waals surface area contributed by atoms with Gasteiger partial charge in [0.1, 0.15) is 0 Å². The number of esters is 1. The maximum atomic E-state index is 10.3. The van der Waals surface area contributed by atoms with Crippen LogP contribution < -0.4 is 0 Å². The number of ether oxygens (including phenoxy) is 1. The molecule has 0 aliphatic heterocycles. The molecular formula is C5H9ClO3. The number of aliphatic hydroxyl groups is 1. The maximum Gasteiger partial charge on any atom is 0.308 e. The van der Waals surface area contributed by atoms with Crippen LogP contribution in [0.25, 0.3) is 0 Å². The summed E-state index contributed by atoms with van der Waals surface area (Å²) < 4.78 is 4.27. The second-order valence-corrected chi connectivity index (χ2v) is 1.90. The first-order chi connectivity index (χ1) is 4.20. The molecule has 0 radical (unpaired) electrons. The van der Waals surface area contributed by atoms with Crippen molar-refractivity contribution in [2.75, 3.05) is 13.0 Å². The van der Waals surface area contributed by atoms with Crippen LogP contribution in [0.3, 0.4) is 0 Å². The molecule has 1 atom stereocenters. The highest BCUT2D eigenvalue weighted by Crippen LogP contribution is 1.95. The average Bonchev–Trinajstić information content (AvgIpc) is 1.87. The van der Waals surface area contributed by atoms with Crippen molar-refractivity contribution in [1.29, 1.82) is 0 Å². The lowest BCUT2D eigenvalue weighted by Crippen LogP contribution is -2.15. The number of rotatable bonds is 3. The van der Waals surface area contributed by atoms with Crippen LogP contribution in [-0.2, 0) is 9.53 Å². The van der Waals surface area contributed by atoms with Crippen molar-refractivity contribution in [3.05, 3.63) is 0 Å². The summed E-state index contributed by atoms with van der Waals surface area (Å²) in [7, 11) is 1.27. The summed E-state index contributed by atoms with van der Waals surface area (Å²) in [5, 5.41) is 8.73. The van der Waals surface area contributed by atoms with Crippen molar-refractivity contribution < 1.29 is 14.6 Å². The third kappa shape index (κ3) is 4.24. The Labute approximate surface area is 58.6 Å². The van der Waals surface area contributed by atoms with Crippen molar-refractivity contribution in [1.82, 2.24) is 0 Å². The molecule has 0 bridgehead atoms. The van der Waals surface area contributed by atoms with Crippen molar-refractivity contribution in [2.45, 2.75) is 12.5 Å². The Balaban J connectivity index is 3.34. The predicted molar refractivity (Wildman–Crippen MR) is 33.4 cm³/mol. The van der Waals surface area contributed by atoms with Crippen LogP contribution in [-0.4, -0.2) is 30.2 Å². The van der Waals surface area contributed by atoms with E-state index in [0.717, 1.165) is 0 Å². The van der Waals surface area contributed by atoms with Gasteiger partial charge in [-0.1, -0.05) is 0 Å². The fourth-order valence-electron chi connectivity index (χ4n) is 0.330. The quantitative estimate of drug-likeness (QED) is 0.463. The summed E-state index contributed by atoms with van der Waals surface area (Å²) >= 11 is 5.20. The van der Waals surface area contributed by atoms with Crippen LogP contribution in [0.4, 0.5) is 0 Å². The second-order valence-electron chi connectivity index (χ2n) is 1.59. The van der Waals surface area contributed by atoms with E-state index >= 15 is 0 Å². The van der Waals surface area contributed by atoms with Gasteiger partial charge in [-0.05, 0) is 0 Å². The molecular weight excluding hydrogens is 144 g/mol. The Morgan fingerprint density at radius 3 is 2.78 bits per heavy atom. The van der Waals surface area contributed by atoms with Crippen molar-refractivity contribution in [3.63, 3.8) is 0 Å². The topological polar surface area (TPSA) is 46.5 Å². The molecule has 54 valence electrons. The minimum absolute atomic E-state index is 0.0278. The minimum atomic E-state index is -0.779. The highest BCUT2D eigenvalue weighted by Gasteiger charge is 2.08. The fraction of sp³-hybridized carbons (Fsp3) is 0.800. The standard InChI is InChI=1S/C5H9ClO3/c1-9-5(8)2-4(7)3-6/h4,7H,2-3H2,1H3/t4-/m0/s1. The summed E-state index contributed by atoms with van der Waals surface area (Å²) in [6.07, 6.45) is -0.806. The molecule has 3 nitrogen and oxygen atoms in total. The smallest absolute Gasteiger partial charge is 0.308 e. The van der Waals surface area contributed by atoms with E-state index < -0.39 is 12.1 Å². The van der Waals surface area contributed by atoms with E-state index in [1.54, 1.807) is 0 Å². The van der Waals surface area contributed by atoms with Crippen LogP contribution in [0.1, 0.15) is 6.42 Å². The molecule has 0 spiro atoms. The van der Waals surface area contributed by atoms with Gasteiger partial charge in [-0.15, -0.1) is 11.6 Å². The van der Waals surface area contributed by atoms with Gasteiger partial charge in [0.15, 0.2) is 0 Å². The maximum absolute atomic E-state index is 10.3. The molecule has 0 aromatic rings. The van der Waals surface area contributed by atoms with Gasteiger partial charge in [0.05, 0.1) is 19.6 Å². The van der Waals surface area contributed by atoms with Crippen LogP contribution >= 0.6 is 11.6 Å². The first-order valence-corrected chi connectivity index (χ1v) is 3.05. The Morgan fingerprint density at radius 1 is 1.89 bits per heavy atom. The summed E-state index contributed by atoms with van der Waals surface area (Å²) in [4.78, 5) is 10.3. The molecule has 9 heavy (non-hydrogen) atoms. The first-order valence-electron chi connectivity index (χ1n) is 2.51. The summed E-state index contributed by atoms with van der Waals surface area (Å²) in [5.41, 5.74) is 0.